The van der Waals surface area contributed by atoms with E-state index in [1.165, 1.54) is 37.3 Å². The highest BCUT2D eigenvalue weighted by atomic mass is 32.2. The van der Waals surface area contributed by atoms with Crippen LogP contribution in [0.2, 0.25) is 0 Å². The van der Waals surface area contributed by atoms with Gasteiger partial charge in [-0.15, -0.1) is 23.1 Å². The zero-order chi connectivity index (χ0) is 35.5. The molecule has 0 saturated carbocycles. The summed E-state index contributed by atoms with van der Waals surface area (Å²) in [6.45, 7) is 1.94. The molecule has 0 radical (unpaired) electrons. The van der Waals surface area contributed by atoms with Crippen LogP contribution in [0.3, 0.4) is 0 Å². The number of amides is 3. The third kappa shape index (κ3) is 9.10. The molecule has 0 aliphatic heterocycles. The van der Waals surface area contributed by atoms with E-state index in [2.05, 4.69) is 20.9 Å². The van der Waals surface area contributed by atoms with Gasteiger partial charge in [0, 0.05) is 27.1 Å². The zero-order valence-corrected chi connectivity index (χ0v) is 29.5. The molecule has 0 spiro atoms. The van der Waals surface area contributed by atoms with Crippen LogP contribution in [0.4, 0.5) is 10.8 Å². The fourth-order valence-electron chi connectivity index (χ4n) is 4.88. The SMILES string of the molecule is CCC(Sc1cccc(NC(=O)/C(=C\c2ccc(OC)c(OC)c2)NC(=O)c2ccccc2)c1)C(=O)Nc1nc(-c2ccccc2OC)cs1. The number of thioether (sulfide) groups is 1. The highest BCUT2D eigenvalue weighted by Crippen LogP contribution is 2.33. The minimum atomic E-state index is -0.536. The van der Waals surface area contributed by atoms with Gasteiger partial charge >= 0.3 is 0 Å². The number of hydrogen-bond donors (Lipinski definition) is 3. The number of hydrogen-bond acceptors (Lipinski definition) is 9. The maximum Gasteiger partial charge on any atom is 0.272 e. The highest BCUT2D eigenvalue weighted by Gasteiger charge is 2.21. The van der Waals surface area contributed by atoms with Crippen molar-refractivity contribution in [2.45, 2.75) is 23.5 Å². The largest absolute Gasteiger partial charge is 0.496 e. The fraction of sp³-hybridized carbons (Fsp3) is 0.158. The Hall–Kier alpha value is -5.59. The van der Waals surface area contributed by atoms with Gasteiger partial charge in [-0.3, -0.25) is 14.4 Å². The number of nitrogens with zero attached hydrogens (tertiary/aromatic N) is 1. The smallest absolute Gasteiger partial charge is 0.272 e. The topological polar surface area (TPSA) is 128 Å². The van der Waals surface area contributed by atoms with Crippen LogP contribution in [0.5, 0.6) is 17.2 Å². The monoisotopic (exact) mass is 708 g/mol. The van der Waals surface area contributed by atoms with Gasteiger partial charge in [0.15, 0.2) is 16.6 Å². The summed E-state index contributed by atoms with van der Waals surface area (Å²) in [5.41, 5.74) is 3.07. The number of aromatic nitrogens is 1. The van der Waals surface area contributed by atoms with E-state index in [1.807, 2.05) is 42.6 Å². The summed E-state index contributed by atoms with van der Waals surface area (Å²) in [4.78, 5) is 45.5. The Morgan fingerprint density at radius 2 is 1.56 bits per heavy atom. The van der Waals surface area contributed by atoms with Crippen LogP contribution < -0.4 is 30.2 Å². The fourth-order valence-corrected chi connectivity index (χ4v) is 6.61. The molecule has 1 unspecified atom stereocenters. The Labute approximate surface area is 298 Å². The van der Waals surface area contributed by atoms with Gasteiger partial charge in [0.05, 0.1) is 32.3 Å². The maximum absolute atomic E-state index is 13.7. The molecule has 3 N–H and O–H groups in total. The predicted molar refractivity (Wildman–Crippen MR) is 199 cm³/mol. The quantitative estimate of drug-likeness (QED) is 0.0790. The first-order chi connectivity index (χ1) is 24.3. The molecule has 4 aromatic carbocycles. The van der Waals surface area contributed by atoms with Crippen LogP contribution in [0.1, 0.15) is 29.3 Å². The molecule has 1 aromatic heterocycles. The lowest BCUT2D eigenvalue weighted by molar-refractivity contribution is -0.116. The van der Waals surface area contributed by atoms with Gasteiger partial charge in [0.25, 0.3) is 11.8 Å². The molecule has 50 heavy (non-hydrogen) atoms. The number of anilines is 2. The van der Waals surface area contributed by atoms with Crippen LogP contribution in [0.25, 0.3) is 17.3 Å². The average molecular weight is 709 g/mol. The Kier molecular flexibility index (Phi) is 12.3. The first-order valence-corrected chi connectivity index (χ1v) is 17.4. The van der Waals surface area contributed by atoms with Gasteiger partial charge in [0.1, 0.15) is 11.4 Å². The first-order valence-electron chi connectivity index (χ1n) is 15.6. The molecular weight excluding hydrogens is 673 g/mol. The van der Waals surface area contributed by atoms with E-state index in [9.17, 15) is 14.4 Å². The minimum Gasteiger partial charge on any atom is -0.496 e. The van der Waals surface area contributed by atoms with Gasteiger partial charge in [-0.05, 0) is 72.7 Å². The Balaban J connectivity index is 1.30. The molecule has 0 fully saturated rings. The second-order valence-corrected chi connectivity index (χ2v) is 12.9. The van der Waals surface area contributed by atoms with E-state index in [4.69, 9.17) is 14.2 Å². The van der Waals surface area contributed by atoms with E-state index in [-0.39, 0.29) is 11.6 Å². The molecule has 5 aromatic rings. The Bertz CT molecular complexity index is 2000. The van der Waals surface area contributed by atoms with Crippen LogP contribution in [-0.2, 0) is 9.59 Å². The summed E-state index contributed by atoms with van der Waals surface area (Å²) < 4.78 is 16.2. The van der Waals surface area contributed by atoms with Crippen molar-refractivity contribution in [3.05, 3.63) is 119 Å². The van der Waals surface area contributed by atoms with Gasteiger partial charge in [0.2, 0.25) is 5.91 Å². The molecule has 10 nitrogen and oxygen atoms in total. The van der Waals surface area contributed by atoms with E-state index >= 15 is 0 Å². The van der Waals surface area contributed by atoms with Gasteiger partial charge in [-0.1, -0.05) is 49.4 Å². The summed E-state index contributed by atoms with van der Waals surface area (Å²) >= 11 is 2.72. The summed E-state index contributed by atoms with van der Waals surface area (Å²) in [6.07, 6.45) is 2.12. The van der Waals surface area contributed by atoms with Gasteiger partial charge in [-0.2, -0.15) is 0 Å². The second kappa shape index (κ2) is 17.2. The molecule has 3 amide bonds. The number of ether oxygens (including phenoxy) is 3. The molecule has 1 heterocycles. The van der Waals surface area contributed by atoms with Gasteiger partial charge < -0.3 is 30.2 Å². The van der Waals surface area contributed by atoms with Gasteiger partial charge in [-0.25, -0.2) is 4.98 Å². The van der Waals surface area contributed by atoms with Crippen molar-refractivity contribution < 1.29 is 28.6 Å². The first kappa shape index (κ1) is 35.7. The second-order valence-electron chi connectivity index (χ2n) is 10.7. The Morgan fingerprint density at radius 3 is 2.30 bits per heavy atom. The lowest BCUT2D eigenvalue weighted by atomic mass is 10.1. The van der Waals surface area contributed by atoms with E-state index < -0.39 is 17.1 Å². The predicted octanol–water partition coefficient (Wildman–Crippen LogP) is 7.75. The van der Waals surface area contributed by atoms with Crippen LogP contribution in [-0.4, -0.2) is 49.3 Å². The number of rotatable bonds is 14. The molecule has 5 rings (SSSR count). The lowest BCUT2D eigenvalue weighted by Gasteiger charge is -2.15. The van der Waals surface area contributed by atoms with Crippen molar-refractivity contribution in [3.8, 4) is 28.5 Å². The van der Waals surface area contributed by atoms with E-state index in [1.54, 1.807) is 79.9 Å². The van der Waals surface area contributed by atoms with Crippen molar-refractivity contribution >= 4 is 57.7 Å². The molecule has 0 bridgehead atoms. The Morgan fingerprint density at radius 1 is 0.820 bits per heavy atom. The van der Waals surface area contributed by atoms with Crippen molar-refractivity contribution in [3.63, 3.8) is 0 Å². The normalized spacial score (nSPS) is 11.6. The summed E-state index contributed by atoms with van der Waals surface area (Å²) in [5.74, 6) is 0.542. The molecule has 0 aliphatic carbocycles. The van der Waals surface area contributed by atoms with Crippen molar-refractivity contribution in [2.75, 3.05) is 32.0 Å². The van der Waals surface area contributed by atoms with Crippen LogP contribution in [0, 0.1) is 0 Å². The zero-order valence-electron chi connectivity index (χ0n) is 27.9. The number of methoxy groups -OCH3 is 3. The summed E-state index contributed by atoms with van der Waals surface area (Å²) in [7, 11) is 4.66. The molecule has 1 atom stereocenters. The number of carbonyl (C=O) groups excluding carboxylic acids is 3. The minimum absolute atomic E-state index is 0.0193. The number of thiazole rings is 1. The molecular formula is C38H36N4O6S2. The number of nitrogens with one attached hydrogen (secondary N) is 3. The van der Waals surface area contributed by atoms with Crippen molar-refractivity contribution in [1.29, 1.82) is 0 Å². The third-order valence-electron chi connectivity index (χ3n) is 7.40. The summed E-state index contributed by atoms with van der Waals surface area (Å²) in [5, 5.41) is 10.5. The van der Waals surface area contributed by atoms with Crippen LogP contribution in [0.15, 0.2) is 113 Å². The van der Waals surface area contributed by atoms with E-state index in [0.717, 1.165) is 10.5 Å². The number of para-hydroxylation sites is 1. The molecule has 256 valence electrons. The molecule has 12 heteroatoms. The third-order valence-corrected chi connectivity index (χ3v) is 9.51. The standard InChI is InChI=1S/C38H36N4O6S2/c1-5-34(37(45)42-38-41-30(23-49-38)28-16-9-10-17-31(28)46-2)50-27-15-11-14-26(22-27)39-36(44)29(40-35(43)25-12-7-6-8-13-25)20-24-18-19-32(47-3)33(21-24)48-4/h6-23,34H,5H2,1-4H3,(H,39,44)(H,40,43)(H,41,42,45)/b29-20+. The average Bonchev–Trinajstić information content (AvgIpc) is 3.61. The molecule has 0 saturated heterocycles. The van der Waals surface area contributed by atoms with E-state index in [0.29, 0.717) is 51.3 Å². The van der Waals surface area contributed by atoms with Crippen molar-refractivity contribution in [1.82, 2.24) is 10.3 Å². The van der Waals surface area contributed by atoms with Crippen molar-refractivity contribution in [2.24, 2.45) is 0 Å². The number of benzene rings is 4. The molecule has 0 aliphatic rings. The maximum atomic E-state index is 13.7. The summed E-state index contributed by atoms with van der Waals surface area (Å²) in [6, 6.07) is 28.6. The van der Waals surface area contributed by atoms with Crippen LogP contribution >= 0.6 is 23.1 Å². The lowest BCUT2D eigenvalue weighted by Crippen LogP contribution is -2.30. The number of carbonyl (C=O) groups is 3. The highest BCUT2D eigenvalue weighted by molar-refractivity contribution is 8.00.